The Labute approximate surface area is 115 Å². The van der Waals surface area contributed by atoms with E-state index in [0.29, 0.717) is 12.2 Å². The van der Waals surface area contributed by atoms with Gasteiger partial charge in [-0.25, -0.2) is 0 Å². The zero-order valence-electron chi connectivity index (χ0n) is 11.7. The van der Waals surface area contributed by atoms with Crippen molar-refractivity contribution in [3.05, 3.63) is 24.2 Å². The Morgan fingerprint density at radius 2 is 1.79 bits per heavy atom. The molecule has 106 valence electrons. The fourth-order valence-corrected chi connectivity index (χ4v) is 3.30. The number of hydrogen-bond acceptors (Lipinski definition) is 3. The topological polar surface area (TPSA) is 25.6 Å². The van der Waals surface area contributed by atoms with Gasteiger partial charge in [0, 0.05) is 13.1 Å². The van der Waals surface area contributed by atoms with Crippen molar-refractivity contribution in [2.45, 2.75) is 63.7 Å². The largest absolute Gasteiger partial charge is 0.468 e. The quantitative estimate of drug-likeness (QED) is 0.830. The molecule has 0 spiro atoms. The highest BCUT2D eigenvalue weighted by Crippen LogP contribution is 2.25. The van der Waals surface area contributed by atoms with Gasteiger partial charge < -0.3 is 9.15 Å². The summed E-state index contributed by atoms with van der Waals surface area (Å²) in [7, 11) is 0. The minimum absolute atomic E-state index is 0.496. The number of rotatable bonds is 4. The van der Waals surface area contributed by atoms with E-state index < -0.39 is 0 Å². The van der Waals surface area contributed by atoms with Crippen molar-refractivity contribution in [3.63, 3.8) is 0 Å². The van der Waals surface area contributed by atoms with E-state index in [-0.39, 0.29) is 0 Å². The summed E-state index contributed by atoms with van der Waals surface area (Å²) in [5.41, 5.74) is 0. The van der Waals surface area contributed by atoms with Crippen molar-refractivity contribution in [2.75, 3.05) is 13.1 Å². The Bertz CT molecular complexity index is 349. The van der Waals surface area contributed by atoms with Crippen molar-refractivity contribution in [1.29, 1.82) is 0 Å². The predicted molar refractivity (Wildman–Crippen MR) is 75.0 cm³/mol. The lowest BCUT2D eigenvalue weighted by Gasteiger charge is -2.34. The van der Waals surface area contributed by atoms with E-state index in [2.05, 4.69) is 11.0 Å². The molecule has 2 aliphatic rings. The minimum atomic E-state index is 0.496. The molecule has 0 aromatic carbocycles. The summed E-state index contributed by atoms with van der Waals surface area (Å²) in [5.74, 6) is 1.08. The maximum atomic E-state index is 6.27. The number of furan rings is 1. The highest BCUT2D eigenvalue weighted by Gasteiger charge is 2.24. The summed E-state index contributed by atoms with van der Waals surface area (Å²) >= 11 is 0. The summed E-state index contributed by atoms with van der Waals surface area (Å²) in [6.45, 7) is 3.22. The van der Waals surface area contributed by atoms with Crippen LogP contribution in [-0.4, -0.2) is 30.2 Å². The predicted octanol–water partition coefficient (Wildman–Crippen LogP) is 3.59. The third-order valence-electron chi connectivity index (χ3n) is 4.43. The van der Waals surface area contributed by atoms with Gasteiger partial charge >= 0.3 is 0 Å². The zero-order valence-corrected chi connectivity index (χ0v) is 11.7. The van der Waals surface area contributed by atoms with Gasteiger partial charge in [0.15, 0.2) is 0 Å². The Kier molecular flexibility index (Phi) is 4.57. The molecule has 3 heteroatoms. The molecule has 19 heavy (non-hydrogen) atoms. The summed E-state index contributed by atoms with van der Waals surface area (Å²) < 4.78 is 11.7. The van der Waals surface area contributed by atoms with Gasteiger partial charge in [0.25, 0.3) is 0 Å². The van der Waals surface area contributed by atoms with Crippen molar-refractivity contribution in [2.24, 2.45) is 0 Å². The molecule has 2 heterocycles. The minimum Gasteiger partial charge on any atom is -0.468 e. The van der Waals surface area contributed by atoms with Gasteiger partial charge in [0.05, 0.1) is 25.0 Å². The lowest BCUT2D eigenvalue weighted by molar-refractivity contribution is -0.0570. The molecule has 0 amide bonds. The monoisotopic (exact) mass is 263 g/mol. The molecular weight excluding hydrogens is 238 g/mol. The van der Waals surface area contributed by atoms with Crippen molar-refractivity contribution in [1.82, 2.24) is 4.90 Å². The molecular formula is C16H25NO2. The van der Waals surface area contributed by atoms with Gasteiger partial charge in [0.2, 0.25) is 0 Å². The smallest absolute Gasteiger partial charge is 0.117 e. The average Bonchev–Trinajstić information content (AvgIpc) is 2.95. The first kappa shape index (κ1) is 13.2. The molecule has 0 unspecified atom stereocenters. The van der Waals surface area contributed by atoms with Crippen molar-refractivity contribution < 1.29 is 9.15 Å². The maximum Gasteiger partial charge on any atom is 0.117 e. The highest BCUT2D eigenvalue weighted by molar-refractivity contribution is 4.98. The summed E-state index contributed by atoms with van der Waals surface area (Å²) in [6, 6.07) is 4.03. The molecule has 0 radical (unpaired) electrons. The third-order valence-corrected chi connectivity index (χ3v) is 4.43. The van der Waals surface area contributed by atoms with Crippen LogP contribution < -0.4 is 0 Å². The average molecular weight is 263 g/mol. The van der Waals surface area contributed by atoms with Crippen LogP contribution in [0.15, 0.2) is 22.8 Å². The van der Waals surface area contributed by atoms with Crippen LogP contribution in [0.5, 0.6) is 0 Å². The fraction of sp³-hybridized carbons (Fsp3) is 0.750. The van der Waals surface area contributed by atoms with Gasteiger partial charge in [-0.2, -0.15) is 0 Å². The molecule has 1 aliphatic heterocycles. The third kappa shape index (κ3) is 3.83. The zero-order chi connectivity index (χ0) is 12.9. The van der Waals surface area contributed by atoms with Crippen LogP contribution in [0.4, 0.5) is 0 Å². The number of piperidine rings is 1. The van der Waals surface area contributed by atoms with Crippen LogP contribution in [0.25, 0.3) is 0 Å². The van der Waals surface area contributed by atoms with E-state index in [9.17, 15) is 0 Å². The van der Waals surface area contributed by atoms with Gasteiger partial charge in [0.1, 0.15) is 5.76 Å². The van der Waals surface area contributed by atoms with E-state index in [0.717, 1.165) is 25.4 Å². The second-order valence-corrected chi connectivity index (χ2v) is 5.95. The van der Waals surface area contributed by atoms with E-state index in [1.165, 1.54) is 44.9 Å². The highest BCUT2D eigenvalue weighted by atomic mass is 16.5. The summed E-state index contributed by atoms with van der Waals surface area (Å²) in [4.78, 5) is 2.47. The Hall–Kier alpha value is -0.800. The molecule has 1 aliphatic carbocycles. The summed E-state index contributed by atoms with van der Waals surface area (Å²) in [5, 5.41) is 0. The molecule has 2 fully saturated rings. The Morgan fingerprint density at radius 3 is 2.47 bits per heavy atom. The molecule has 1 saturated heterocycles. The second kappa shape index (κ2) is 6.58. The Balaban J connectivity index is 1.39. The standard InChI is InChI=1S/C16H25NO2/c1-2-5-14(6-3-1)19-15-8-10-17(11-9-15)13-16-7-4-12-18-16/h4,7,12,14-15H,1-3,5-6,8-11,13H2. The van der Waals surface area contributed by atoms with Crippen LogP contribution >= 0.6 is 0 Å². The van der Waals surface area contributed by atoms with E-state index in [1.807, 2.05) is 6.07 Å². The van der Waals surface area contributed by atoms with Crippen LogP contribution in [0, 0.1) is 0 Å². The lowest BCUT2D eigenvalue weighted by atomic mass is 9.97. The van der Waals surface area contributed by atoms with Crippen molar-refractivity contribution >= 4 is 0 Å². The molecule has 0 atom stereocenters. The Morgan fingerprint density at radius 1 is 1.05 bits per heavy atom. The van der Waals surface area contributed by atoms with Crippen molar-refractivity contribution in [3.8, 4) is 0 Å². The van der Waals surface area contributed by atoms with Gasteiger partial charge in [-0.3, -0.25) is 4.90 Å². The SMILES string of the molecule is c1coc(CN2CCC(OC3CCCCC3)CC2)c1. The second-order valence-electron chi connectivity index (χ2n) is 5.95. The van der Waals surface area contributed by atoms with E-state index in [1.54, 1.807) is 6.26 Å². The summed E-state index contributed by atoms with van der Waals surface area (Å²) in [6.07, 6.45) is 11.9. The fourth-order valence-electron chi connectivity index (χ4n) is 3.30. The van der Waals surface area contributed by atoms with E-state index in [4.69, 9.17) is 9.15 Å². The van der Waals surface area contributed by atoms with Gasteiger partial charge in [-0.15, -0.1) is 0 Å². The van der Waals surface area contributed by atoms with Crippen LogP contribution in [0.2, 0.25) is 0 Å². The number of hydrogen-bond donors (Lipinski definition) is 0. The molecule has 3 nitrogen and oxygen atoms in total. The molecule has 3 rings (SSSR count). The van der Waals surface area contributed by atoms with Gasteiger partial charge in [-0.1, -0.05) is 19.3 Å². The van der Waals surface area contributed by atoms with Crippen LogP contribution in [0.3, 0.4) is 0 Å². The molecule has 1 aromatic heterocycles. The number of ether oxygens (including phenoxy) is 1. The first-order chi connectivity index (χ1) is 9.40. The first-order valence-electron chi connectivity index (χ1n) is 7.80. The normalized spacial score (nSPS) is 23.8. The molecule has 1 aromatic rings. The number of likely N-dealkylation sites (tertiary alicyclic amines) is 1. The molecule has 0 N–H and O–H groups in total. The number of nitrogens with zero attached hydrogens (tertiary/aromatic N) is 1. The first-order valence-corrected chi connectivity index (χ1v) is 7.80. The van der Waals surface area contributed by atoms with Gasteiger partial charge in [-0.05, 0) is 37.8 Å². The maximum absolute atomic E-state index is 6.27. The molecule has 1 saturated carbocycles. The van der Waals surface area contributed by atoms with E-state index >= 15 is 0 Å². The van der Waals surface area contributed by atoms with Crippen LogP contribution in [-0.2, 0) is 11.3 Å². The van der Waals surface area contributed by atoms with Crippen LogP contribution in [0.1, 0.15) is 50.7 Å². The molecule has 0 bridgehead atoms. The lowest BCUT2D eigenvalue weighted by Crippen LogP contribution is -2.38.